The molecule has 0 saturated carbocycles. The van der Waals surface area contributed by atoms with Crippen molar-refractivity contribution in [3.63, 3.8) is 0 Å². The van der Waals surface area contributed by atoms with Crippen molar-refractivity contribution in [2.45, 2.75) is 6.92 Å². The van der Waals surface area contributed by atoms with Crippen LogP contribution >= 0.6 is 7.82 Å². The summed E-state index contributed by atoms with van der Waals surface area (Å²) in [5, 5.41) is 8.25. The SMILES string of the molecule is Cc1ccc([N+]#N)cc1.O=P([O-])(O)O. The molecule has 0 radical (unpaired) electrons. The lowest BCUT2D eigenvalue weighted by atomic mass is 10.2. The van der Waals surface area contributed by atoms with E-state index in [-0.39, 0.29) is 0 Å². The molecular formula is C7H9N2O4P. The summed E-state index contributed by atoms with van der Waals surface area (Å²) in [4.78, 5) is 25.9. The minimum Gasteiger partial charge on any atom is -0.756 e. The van der Waals surface area contributed by atoms with Crippen molar-refractivity contribution in [3.8, 4) is 0 Å². The lowest BCUT2D eigenvalue weighted by Gasteiger charge is -2.01. The van der Waals surface area contributed by atoms with Crippen LogP contribution in [0.15, 0.2) is 24.3 Å². The molecule has 2 N–H and O–H groups in total. The average Bonchev–Trinajstić information content (AvgIpc) is 2.03. The Hall–Kier alpha value is -1.25. The van der Waals surface area contributed by atoms with Gasteiger partial charge in [0.25, 0.3) is 7.82 Å². The molecule has 0 bridgehead atoms. The molecule has 0 spiro atoms. The van der Waals surface area contributed by atoms with E-state index < -0.39 is 7.82 Å². The second-order valence-electron chi connectivity index (χ2n) is 2.43. The smallest absolute Gasteiger partial charge is 0.385 e. The molecule has 0 unspecified atom stereocenters. The Bertz CT molecular complexity index is 356. The zero-order valence-electron chi connectivity index (χ0n) is 7.36. The van der Waals surface area contributed by atoms with E-state index >= 15 is 0 Å². The molecule has 1 aromatic carbocycles. The van der Waals surface area contributed by atoms with Gasteiger partial charge in [-0.05, 0) is 6.92 Å². The van der Waals surface area contributed by atoms with Gasteiger partial charge in [-0.15, -0.1) is 0 Å². The van der Waals surface area contributed by atoms with Crippen molar-refractivity contribution in [2.24, 2.45) is 0 Å². The van der Waals surface area contributed by atoms with Gasteiger partial charge in [0.2, 0.25) is 5.39 Å². The van der Waals surface area contributed by atoms with Crippen LogP contribution in [0.5, 0.6) is 0 Å². The van der Waals surface area contributed by atoms with Crippen LogP contribution in [0.4, 0.5) is 5.69 Å². The third-order valence-corrected chi connectivity index (χ3v) is 1.15. The molecule has 14 heavy (non-hydrogen) atoms. The second kappa shape index (κ2) is 5.47. The Morgan fingerprint density at radius 1 is 1.36 bits per heavy atom. The number of diazo groups is 1. The highest BCUT2D eigenvalue weighted by Gasteiger charge is 1.98. The first-order valence-electron chi connectivity index (χ1n) is 3.51. The number of phosphoric acid groups is 1. The minimum atomic E-state index is -4.89. The van der Waals surface area contributed by atoms with E-state index in [1.165, 1.54) is 5.56 Å². The van der Waals surface area contributed by atoms with Gasteiger partial charge in [0, 0.05) is 12.1 Å². The van der Waals surface area contributed by atoms with E-state index in [0.717, 1.165) is 0 Å². The fourth-order valence-electron chi connectivity index (χ4n) is 0.611. The topological polar surface area (TPSA) is 109 Å². The van der Waals surface area contributed by atoms with Crippen molar-refractivity contribution in [3.05, 3.63) is 34.8 Å². The lowest BCUT2D eigenvalue weighted by Crippen LogP contribution is -1.94. The number of rotatable bonds is 0. The predicted octanol–water partition coefficient (Wildman–Crippen LogP) is 0.919. The highest BCUT2D eigenvalue weighted by molar-refractivity contribution is 7.43. The van der Waals surface area contributed by atoms with Crippen molar-refractivity contribution in [1.29, 1.82) is 5.39 Å². The van der Waals surface area contributed by atoms with Gasteiger partial charge in [-0.1, -0.05) is 17.7 Å². The van der Waals surface area contributed by atoms with Crippen LogP contribution in [0.25, 0.3) is 4.98 Å². The highest BCUT2D eigenvalue weighted by Crippen LogP contribution is 2.18. The van der Waals surface area contributed by atoms with Gasteiger partial charge in [-0.25, -0.2) is 0 Å². The fraction of sp³-hybridized carbons (Fsp3) is 0.143. The Labute approximate surface area is 80.7 Å². The first kappa shape index (κ1) is 12.8. The second-order valence-corrected chi connectivity index (χ2v) is 3.41. The molecule has 1 rings (SSSR count). The third kappa shape index (κ3) is 8.84. The Morgan fingerprint density at radius 3 is 2.00 bits per heavy atom. The summed E-state index contributed by atoms with van der Waals surface area (Å²) >= 11 is 0. The number of hydrogen-bond donors (Lipinski definition) is 2. The van der Waals surface area contributed by atoms with Crippen molar-refractivity contribution >= 4 is 13.5 Å². The number of benzene rings is 1. The van der Waals surface area contributed by atoms with Gasteiger partial charge in [-0.3, -0.25) is 4.57 Å². The van der Waals surface area contributed by atoms with E-state index in [4.69, 9.17) is 24.6 Å². The quantitative estimate of drug-likeness (QED) is 0.495. The van der Waals surface area contributed by atoms with Crippen LogP contribution in [0.1, 0.15) is 5.56 Å². The van der Waals surface area contributed by atoms with E-state index in [1.54, 1.807) is 12.1 Å². The normalized spacial score (nSPS) is 9.64. The molecule has 0 amide bonds. The Morgan fingerprint density at radius 2 is 1.71 bits per heavy atom. The summed E-state index contributed by atoms with van der Waals surface area (Å²) < 4.78 is 8.77. The van der Waals surface area contributed by atoms with Crippen LogP contribution in [-0.2, 0) is 4.57 Å². The zero-order valence-corrected chi connectivity index (χ0v) is 8.26. The Kier molecular flexibility index (Phi) is 4.99. The zero-order chi connectivity index (χ0) is 11.2. The van der Waals surface area contributed by atoms with Crippen LogP contribution < -0.4 is 4.89 Å². The number of nitrogens with zero attached hydrogens (tertiary/aromatic N) is 2. The largest absolute Gasteiger partial charge is 0.756 e. The average molecular weight is 216 g/mol. The molecule has 1 aromatic rings. The summed E-state index contributed by atoms with van der Waals surface area (Å²) in [5.41, 5.74) is 1.77. The maximum atomic E-state index is 8.77. The maximum absolute atomic E-state index is 8.77. The first-order chi connectivity index (χ1) is 6.33. The van der Waals surface area contributed by atoms with E-state index in [2.05, 4.69) is 4.98 Å². The lowest BCUT2D eigenvalue weighted by molar-refractivity contribution is -0.214. The summed E-state index contributed by atoms with van der Waals surface area (Å²) in [6.45, 7) is 1.99. The molecule has 0 heterocycles. The Balaban J connectivity index is 0.000000292. The molecule has 76 valence electrons. The minimum absolute atomic E-state index is 0.598. The summed E-state index contributed by atoms with van der Waals surface area (Å²) in [6.07, 6.45) is 0. The predicted molar refractivity (Wildman–Crippen MR) is 48.0 cm³/mol. The molecule has 0 atom stereocenters. The van der Waals surface area contributed by atoms with Gasteiger partial charge < -0.3 is 14.7 Å². The molecule has 0 saturated heterocycles. The van der Waals surface area contributed by atoms with Gasteiger partial charge >= 0.3 is 5.69 Å². The van der Waals surface area contributed by atoms with E-state index in [1.807, 2.05) is 19.1 Å². The molecule has 6 nitrogen and oxygen atoms in total. The first-order valence-corrected chi connectivity index (χ1v) is 5.04. The number of hydrogen-bond acceptors (Lipinski definition) is 3. The van der Waals surface area contributed by atoms with E-state index in [0.29, 0.717) is 5.69 Å². The summed E-state index contributed by atoms with van der Waals surface area (Å²) in [5.74, 6) is 0. The van der Waals surface area contributed by atoms with E-state index in [9.17, 15) is 0 Å². The van der Waals surface area contributed by atoms with Crippen molar-refractivity contribution in [1.82, 2.24) is 0 Å². The maximum Gasteiger partial charge on any atom is 0.385 e. The molecule has 7 heteroatoms. The van der Waals surface area contributed by atoms with Crippen LogP contribution in [0.2, 0.25) is 0 Å². The molecular weight excluding hydrogens is 207 g/mol. The molecule has 0 aliphatic heterocycles. The van der Waals surface area contributed by atoms with Gasteiger partial charge in [-0.2, -0.15) is 0 Å². The highest BCUT2D eigenvalue weighted by atomic mass is 31.2. The molecule has 0 aliphatic rings. The van der Waals surface area contributed by atoms with Crippen LogP contribution in [0.3, 0.4) is 0 Å². The fourth-order valence-corrected chi connectivity index (χ4v) is 0.611. The van der Waals surface area contributed by atoms with Gasteiger partial charge in [0.15, 0.2) is 4.98 Å². The van der Waals surface area contributed by atoms with Crippen molar-refractivity contribution < 1.29 is 19.2 Å². The van der Waals surface area contributed by atoms with Gasteiger partial charge in [0.05, 0.1) is 0 Å². The molecule has 0 aliphatic carbocycles. The van der Waals surface area contributed by atoms with Crippen LogP contribution in [-0.4, -0.2) is 9.79 Å². The summed E-state index contributed by atoms with van der Waals surface area (Å²) in [6, 6.07) is 7.31. The molecule has 0 fully saturated rings. The number of aryl methyl sites for hydroxylation is 1. The van der Waals surface area contributed by atoms with Gasteiger partial charge in [0.1, 0.15) is 0 Å². The third-order valence-electron chi connectivity index (χ3n) is 1.15. The van der Waals surface area contributed by atoms with Crippen molar-refractivity contribution in [2.75, 3.05) is 0 Å². The van der Waals surface area contributed by atoms with Crippen LogP contribution in [0, 0.1) is 12.3 Å². The standard InChI is InChI=1S/C7H7N2.H3O4P/c1-6-2-4-7(9-8)5-3-6;1-5(2,3)4/h2-5H,1H3;(H3,1,2,3,4)/q+1;/p-1. The monoisotopic (exact) mass is 216 g/mol. The molecule has 0 aromatic heterocycles. The summed E-state index contributed by atoms with van der Waals surface area (Å²) in [7, 11) is -4.89.